The fourth-order valence-electron chi connectivity index (χ4n) is 3.21. The van der Waals surface area contributed by atoms with Gasteiger partial charge in [-0.25, -0.2) is 4.39 Å². The molecule has 1 aliphatic heterocycles. The van der Waals surface area contributed by atoms with Crippen molar-refractivity contribution in [3.63, 3.8) is 0 Å². The van der Waals surface area contributed by atoms with Crippen LogP contribution in [0.2, 0.25) is 0 Å². The first-order valence-electron chi connectivity index (χ1n) is 7.16. The summed E-state index contributed by atoms with van der Waals surface area (Å²) in [5.41, 5.74) is 1.13. The highest BCUT2D eigenvalue weighted by Gasteiger charge is 2.34. The third-order valence-electron chi connectivity index (χ3n) is 4.44. The van der Waals surface area contributed by atoms with Gasteiger partial charge in [0.2, 0.25) is 0 Å². The van der Waals surface area contributed by atoms with Gasteiger partial charge in [-0.05, 0) is 46.3 Å². The molecular weight excluding hydrogens is 343 g/mol. The van der Waals surface area contributed by atoms with Crippen LogP contribution in [-0.2, 0) is 0 Å². The van der Waals surface area contributed by atoms with Crippen LogP contribution in [0.4, 0.5) is 4.39 Å². The third-order valence-corrected chi connectivity index (χ3v) is 5.28. The molecule has 5 heteroatoms. The van der Waals surface area contributed by atoms with Crippen molar-refractivity contribution in [3.05, 3.63) is 34.1 Å². The maximum atomic E-state index is 13.8. The second-order valence-electron chi connectivity index (χ2n) is 5.56. The van der Waals surface area contributed by atoms with Gasteiger partial charge < -0.3 is 5.32 Å². The minimum atomic E-state index is -0.142. The quantitative estimate of drug-likeness (QED) is 0.880. The lowest BCUT2D eigenvalue weighted by Crippen LogP contribution is -2.48. The van der Waals surface area contributed by atoms with E-state index in [9.17, 15) is 4.39 Å². The van der Waals surface area contributed by atoms with Gasteiger partial charge in [0.25, 0.3) is 0 Å². The lowest BCUT2D eigenvalue weighted by Gasteiger charge is -2.43. The van der Waals surface area contributed by atoms with Crippen LogP contribution in [-0.4, -0.2) is 31.1 Å². The molecule has 0 aromatic heterocycles. The Hall–Kier alpha value is -0.160. The predicted octanol–water partition coefficient (Wildman–Crippen LogP) is 3.76. The Morgan fingerprint density at radius 1 is 1.25 bits per heavy atom. The van der Waals surface area contributed by atoms with Crippen molar-refractivity contribution in [2.75, 3.05) is 26.2 Å². The monoisotopic (exact) mass is 362 g/mol. The molecule has 1 heterocycles. The van der Waals surface area contributed by atoms with Crippen LogP contribution in [0, 0.1) is 11.7 Å². The summed E-state index contributed by atoms with van der Waals surface area (Å²) in [6.07, 6.45) is 3.87. The fourth-order valence-corrected chi connectivity index (χ4v) is 3.71. The smallest absolute Gasteiger partial charge is 0.137 e. The summed E-state index contributed by atoms with van der Waals surface area (Å²) in [4.78, 5) is 2.53. The molecule has 0 spiro atoms. The van der Waals surface area contributed by atoms with E-state index in [2.05, 4.69) is 32.2 Å². The molecule has 2 fully saturated rings. The molecule has 1 N–H and O–H groups in total. The number of nitrogens with zero attached hydrogens (tertiary/aromatic N) is 1. The van der Waals surface area contributed by atoms with Gasteiger partial charge in [0.05, 0.1) is 4.47 Å². The van der Waals surface area contributed by atoms with E-state index in [0.29, 0.717) is 16.4 Å². The summed E-state index contributed by atoms with van der Waals surface area (Å²) in [5.74, 6) is 0.549. The molecule has 0 radical (unpaired) electrons. The number of hydrogen-bond donors (Lipinski definition) is 1. The maximum Gasteiger partial charge on any atom is 0.137 e. The highest BCUT2D eigenvalue weighted by Crippen LogP contribution is 2.43. The lowest BCUT2D eigenvalue weighted by atomic mass is 9.76. The number of piperazine rings is 1. The molecular formula is C15H21BrClFN2. The van der Waals surface area contributed by atoms with E-state index in [1.807, 2.05) is 6.07 Å². The van der Waals surface area contributed by atoms with Gasteiger partial charge in [0.15, 0.2) is 0 Å². The minimum absolute atomic E-state index is 0. The van der Waals surface area contributed by atoms with Crippen LogP contribution in [0.25, 0.3) is 0 Å². The molecule has 1 aromatic carbocycles. The molecule has 1 saturated heterocycles. The second-order valence-corrected chi connectivity index (χ2v) is 6.36. The molecule has 2 aliphatic rings. The van der Waals surface area contributed by atoms with Crippen LogP contribution in [0.15, 0.2) is 22.7 Å². The average Bonchev–Trinajstić information content (AvgIpc) is 2.38. The first kappa shape index (κ1) is 16.2. The van der Waals surface area contributed by atoms with E-state index in [-0.39, 0.29) is 18.2 Å². The van der Waals surface area contributed by atoms with Crippen molar-refractivity contribution in [3.8, 4) is 0 Å². The van der Waals surface area contributed by atoms with Crippen LogP contribution >= 0.6 is 28.3 Å². The summed E-state index contributed by atoms with van der Waals surface area (Å²) in [5, 5.41) is 3.39. The molecule has 1 saturated carbocycles. The van der Waals surface area contributed by atoms with E-state index in [4.69, 9.17) is 0 Å². The summed E-state index contributed by atoms with van der Waals surface area (Å²) in [7, 11) is 0. The topological polar surface area (TPSA) is 15.3 Å². The molecule has 20 heavy (non-hydrogen) atoms. The van der Waals surface area contributed by atoms with E-state index in [1.165, 1.54) is 25.3 Å². The number of nitrogens with one attached hydrogen (secondary N) is 1. The molecule has 1 atom stereocenters. The van der Waals surface area contributed by atoms with Crippen molar-refractivity contribution >= 4 is 28.3 Å². The van der Waals surface area contributed by atoms with Crippen molar-refractivity contribution in [2.24, 2.45) is 5.92 Å². The van der Waals surface area contributed by atoms with E-state index >= 15 is 0 Å². The van der Waals surface area contributed by atoms with E-state index in [0.717, 1.165) is 31.7 Å². The van der Waals surface area contributed by atoms with Gasteiger partial charge in [-0.2, -0.15) is 0 Å². The van der Waals surface area contributed by atoms with Gasteiger partial charge in [0, 0.05) is 32.2 Å². The number of benzene rings is 1. The summed E-state index contributed by atoms with van der Waals surface area (Å²) < 4.78 is 14.5. The minimum Gasteiger partial charge on any atom is -0.314 e. The molecule has 2 nitrogen and oxygen atoms in total. The Morgan fingerprint density at radius 2 is 1.95 bits per heavy atom. The van der Waals surface area contributed by atoms with Crippen molar-refractivity contribution in [1.29, 1.82) is 0 Å². The van der Waals surface area contributed by atoms with E-state index in [1.54, 1.807) is 0 Å². The molecule has 112 valence electrons. The van der Waals surface area contributed by atoms with Gasteiger partial charge in [0.1, 0.15) is 5.82 Å². The SMILES string of the molecule is Cl.Fc1cccc([C@H](C2CCC2)N2CCNCC2)c1Br. The Bertz CT molecular complexity index is 447. The van der Waals surface area contributed by atoms with Crippen molar-refractivity contribution in [2.45, 2.75) is 25.3 Å². The molecule has 0 unspecified atom stereocenters. The third kappa shape index (κ3) is 3.19. The standard InChI is InChI=1S/C15H20BrFN2.ClH/c16-14-12(5-2-6-13(14)17)15(11-3-1-4-11)19-9-7-18-8-10-19;/h2,5-6,11,15,18H,1,3-4,7-10H2;1H/t15-;/m0./s1. The Kier molecular flexibility index (Phi) is 5.84. The maximum absolute atomic E-state index is 13.8. The molecule has 0 bridgehead atoms. The molecule has 1 aromatic rings. The van der Waals surface area contributed by atoms with Crippen LogP contribution in [0.1, 0.15) is 30.9 Å². The van der Waals surface area contributed by atoms with Crippen molar-refractivity contribution < 1.29 is 4.39 Å². The van der Waals surface area contributed by atoms with Crippen molar-refractivity contribution in [1.82, 2.24) is 10.2 Å². The summed E-state index contributed by atoms with van der Waals surface area (Å²) >= 11 is 3.45. The molecule has 3 rings (SSSR count). The normalized spacial score (nSPS) is 21.9. The highest BCUT2D eigenvalue weighted by molar-refractivity contribution is 9.10. The number of hydrogen-bond acceptors (Lipinski definition) is 2. The molecule has 0 amide bonds. The van der Waals surface area contributed by atoms with Crippen LogP contribution < -0.4 is 5.32 Å². The Labute approximate surface area is 134 Å². The highest BCUT2D eigenvalue weighted by atomic mass is 79.9. The first-order chi connectivity index (χ1) is 9.27. The molecule has 1 aliphatic carbocycles. The van der Waals surface area contributed by atoms with Crippen LogP contribution in [0.3, 0.4) is 0 Å². The van der Waals surface area contributed by atoms with Gasteiger partial charge >= 0.3 is 0 Å². The van der Waals surface area contributed by atoms with Gasteiger partial charge in [-0.3, -0.25) is 4.90 Å². The number of rotatable bonds is 3. The predicted molar refractivity (Wildman–Crippen MR) is 85.9 cm³/mol. The summed E-state index contributed by atoms with van der Waals surface area (Å²) in [6, 6.07) is 5.82. The Morgan fingerprint density at radius 3 is 2.55 bits per heavy atom. The first-order valence-corrected chi connectivity index (χ1v) is 7.95. The zero-order valence-electron chi connectivity index (χ0n) is 11.4. The zero-order valence-corrected chi connectivity index (χ0v) is 13.9. The fraction of sp³-hybridized carbons (Fsp3) is 0.600. The summed E-state index contributed by atoms with van der Waals surface area (Å²) in [6.45, 7) is 4.19. The Balaban J connectivity index is 0.00000147. The number of halogens is 3. The van der Waals surface area contributed by atoms with E-state index < -0.39 is 0 Å². The van der Waals surface area contributed by atoms with Gasteiger partial charge in [-0.15, -0.1) is 12.4 Å². The second kappa shape index (κ2) is 7.21. The average molecular weight is 364 g/mol. The van der Waals surface area contributed by atoms with Gasteiger partial charge in [-0.1, -0.05) is 18.6 Å². The zero-order chi connectivity index (χ0) is 13.2. The largest absolute Gasteiger partial charge is 0.314 e. The van der Waals surface area contributed by atoms with Crippen LogP contribution in [0.5, 0.6) is 0 Å². The lowest BCUT2D eigenvalue weighted by molar-refractivity contribution is 0.0830.